The lowest BCUT2D eigenvalue weighted by atomic mass is 9.79. The first-order valence-corrected chi connectivity index (χ1v) is 6.96. The molecule has 15 heavy (non-hydrogen) atoms. The van der Waals surface area contributed by atoms with Crippen LogP contribution in [0.5, 0.6) is 0 Å². The van der Waals surface area contributed by atoms with Crippen LogP contribution in [0.25, 0.3) is 0 Å². The van der Waals surface area contributed by atoms with Gasteiger partial charge in [-0.1, -0.05) is 20.3 Å². The van der Waals surface area contributed by atoms with Gasteiger partial charge in [-0.3, -0.25) is 0 Å². The Morgan fingerprint density at radius 2 is 2.07 bits per heavy atom. The molecule has 0 spiro atoms. The van der Waals surface area contributed by atoms with Crippen LogP contribution in [0, 0.1) is 11.8 Å². The maximum absolute atomic E-state index is 3.73. The summed E-state index contributed by atoms with van der Waals surface area (Å²) in [5, 5.41) is 8.13. The van der Waals surface area contributed by atoms with Gasteiger partial charge in [0, 0.05) is 12.6 Å². The second-order valence-electron chi connectivity index (χ2n) is 4.92. The molecule has 1 aromatic rings. The van der Waals surface area contributed by atoms with Gasteiger partial charge in [0.2, 0.25) is 0 Å². The molecule has 1 aromatic heterocycles. The van der Waals surface area contributed by atoms with Gasteiger partial charge in [0.1, 0.15) is 0 Å². The van der Waals surface area contributed by atoms with Crippen LogP contribution >= 0.6 is 11.3 Å². The molecule has 1 heterocycles. The van der Waals surface area contributed by atoms with Crippen molar-refractivity contribution in [3.63, 3.8) is 0 Å². The van der Waals surface area contributed by atoms with Crippen LogP contribution in [0.2, 0.25) is 0 Å². The summed E-state index contributed by atoms with van der Waals surface area (Å²) in [4.78, 5) is 0. The van der Waals surface area contributed by atoms with E-state index in [1.165, 1.54) is 24.8 Å². The summed E-state index contributed by atoms with van der Waals surface area (Å²) in [6.45, 7) is 5.82. The molecule has 1 aliphatic rings. The van der Waals surface area contributed by atoms with E-state index < -0.39 is 0 Å². The van der Waals surface area contributed by atoms with Crippen molar-refractivity contribution in [3.8, 4) is 0 Å². The van der Waals surface area contributed by atoms with Gasteiger partial charge in [0.15, 0.2) is 0 Å². The minimum atomic E-state index is 0.721. The molecule has 0 saturated heterocycles. The molecular weight excluding hydrogens is 202 g/mol. The minimum Gasteiger partial charge on any atom is -0.309 e. The monoisotopic (exact) mass is 223 g/mol. The van der Waals surface area contributed by atoms with Crippen molar-refractivity contribution in [3.05, 3.63) is 22.4 Å². The highest BCUT2D eigenvalue weighted by molar-refractivity contribution is 7.07. The highest BCUT2D eigenvalue weighted by Gasteiger charge is 2.26. The zero-order chi connectivity index (χ0) is 10.7. The van der Waals surface area contributed by atoms with Crippen LogP contribution in [0.3, 0.4) is 0 Å². The third-order valence-corrected chi connectivity index (χ3v) is 4.40. The zero-order valence-electron chi connectivity index (χ0n) is 9.70. The van der Waals surface area contributed by atoms with Crippen LogP contribution < -0.4 is 5.32 Å². The topological polar surface area (TPSA) is 12.0 Å². The highest BCUT2D eigenvalue weighted by Crippen LogP contribution is 2.29. The molecule has 2 rings (SSSR count). The van der Waals surface area contributed by atoms with Gasteiger partial charge in [0.05, 0.1) is 0 Å². The zero-order valence-corrected chi connectivity index (χ0v) is 10.5. The molecule has 2 heteroatoms. The standard InChI is InChI=1S/C13H21NS/c1-10-4-3-5-11(2)13(10)14-8-12-6-7-15-9-12/h6-7,9-11,13-14H,3-5,8H2,1-2H3. The molecule has 2 atom stereocenters. The molecule has 0 bridgehead atoms. The first kappa shape index (κ1) is 11.2. The van der Waals surface area contributed by atoms with Crippen LogP contribution in [-0.4, -0.2) is 6.04 Å². The maximum Gasteiger partial charge on any atom is 0.0216 e. The van der Waals surface area contributed by atoms with Gasteiger partial charge in [-0.05, 0) is 47.1 Å². The second-order valence-corrected chi connectivity index (χ2v) is 5.70. The fourth-order valence-corrected chi connectivity index (χ4v) is 3.38. The molecule has 0 radical (unpaired) electrons. The van der Waals surface area contributed by atoms with Crippen molar-refractivity contribution >= 4 is 11.3 Å². The molecule has 1 aliphatic carbocycles. The third kappa shape index (κ3) is 2.82. The van der Waals surface area contributed by atoms with Crippen molar-refractivity contribution in [2.24, 2.45) is 11.8 Å². The summed E-state index contributed by atoms with van der Waals surface area (Å²) >= 11 is 1.79. The molecule has 0 aromatic carbocycles. The van der Waals surface area contributed by atoms with Crippen LogP contribution in [-0.2, 0) is 6.54 Å². The van der Waals surface area contributed by atoms with E-state index in [1.807, 2.05) is 0 Å². The Balaban J connectivity index is 1.86. The number of hydrogen-bond acceptors (Lipinski definition) is 2. The Kier molecular flexibility index (Phi) is 3.81. The van der Waals surface area contributed by atoms with Gasteiger partial charge in [0.25, 0.3) is 0 Å². The average molecular weight is 223 g/mol. The third-order valence-electron chi connectivity index (χ3n) is 3.67. The molecule has 1 saturated carbocycles. The van der Waals surface area contributed by atoms with Crippen molar-refractivity contribution in [1.82, 2.24) is 5.32 Å². The van der Waals surface area contributed by atoms with E-state index in [0.717, 1.165) is 24.4 Å². The van der Waals surface area contributed by atoms with Crippen molar-refractivity contribution in [2.45, 2.75) is 45.7 Å². The fraction of sp³-hybridized carbons (Fsp3) is 0.692. The first-order valence-electron chi connectivity index (χ1n) is 6.02. The number of hydrogen-bond donors (Lipinski definition) is 1. The molecule has 0 amide bonds. The van der Waals surface area contributed by atoms with Crippen molar-refractivity contribution < 1.29 is 0 Å². The summed E-state index contributed by atoms with van der Waals surface area (Å²) < 4.78 is 0. The molecule has 2 unspecified atom stereocenters. The summed E-state index contributed by atoms with van der Waals surface area (Å²) in [7, 11) is 0. The minimum absolute atomic E-state index is 0.721. The SMILES string of the molecule is CC1CCCC(C)C1NCc1ccsc1. The summed E-state index contributed by atoms with van der Waals surface area (Å²) in [5.74, 6) is 1.68. The second kappa shape index (κ2) is 5.13. The molecular formula is C13H21NS. The van der Waals surface area contributed by atoms with Gasteiger partial charge in [-0.15, -0.1) is 0 Å². The Bertz CT molecular complexity index is 271. The number of rotatable bonds is 3. The van der Waals surface area contributed by atoms with E-state index >= 15 is 0 Å². The number of nitrogens with one attached hydrogen (secondary N) is 1. The lowest BCUT2D eigenvalue weighted by molar-refractivity contribution is 0.208. The maximum atomic E-state index is 3.73. The van der Waals surface area contributed by atoms with Crippen molar-refractivity contribution in [2.75, 3.05) is 0 Å². The Labute approximate surface area is 96.9 Å². The Morgan fingerprint density at radius 1 is 1.33 bits per heavy atom. The molecule has 1 N–H and O–H groups in total. The van der Waals surface area contributed by atoms with E-state index in [2.05, 4.69) is 36.0 Å². The normalized spacial score (nSPS) is 31.7. The lowest BCUT2D eigenvalue weighted by Crippen LogP contribution is -2.42. The quantitative estimate of drug-likeness (QED) is 0.824. The predicted octanol–water partition coefficient (Wildman–Crippen LogP) is 3.66. The molecule has 1 fully saturated rings. The summed E-state index contributed by atoms with van der Waals surface area (Å²) in [5.41, 5.74) is 1.44. The van der Waals surface area contributed by atoms with Gasteiger partial charge in [-0.25, -0.2) is 0 Å². The van der Waals surface area contributed by atoms with E-state index in [1.54, 1.807) is 11.3 Å². The van der Waals surface area contributed by atoms with Crippen LogP contribution in [0.4, 0.5) is 0 Å². The van der Waals surface area contributed by atoms with E-state index in [0.29, 0.717) is 0 Å². The van der Waals surface area contributed by atoms with E-state index in [4.69, 9.17) is 0 Å². The molecule has 0 aliphatic heterocycles. The Morgan fingerprint density at radius 3 is 2.67 bits per heavy atom. The predicted molar refractivity (Wildman–Crippen MR) is 67.1 cm³/mol. The first-order chi connectivity index (χ1) is 7.27. The fourth-order valence-electron chi connectivity index (χ4n) is 2.71. The van der Waals surface area contributed by atoms with Crippen LogP contribution in [0.1, 0.15) is 38.7 Å². The smallest absolute Gasteiger partial charge is 0.0216 e. The van der Waals surface area contributed by atoms with Gasteiger partial charge in [-0.2, -0.15) is 11.3 Å². The van der Waals surface area contributed by atoms with Gasteiger partial charge < -0.3 is 5.32 Å². The molecule has 1 nitrogen and oxygen atoms in total. The number of thiophene rings is 1. The van der Waals surface area contributed by atoms with Crippen molar-refractivity contribution in [1.29, 1.82) is 0 Å². The molecule has 84 valence electrons. The van der Waals surface area contributed by atoms with Crippen LogP contribution in [0.15, 0.2) is 16.8 Å². The Hall–Kier alpha value is -0.340. The lowest BCUT2D eigenvalue weighted by Gasteiger charge is -2.35. The summed E-state index contributed by atoms with van der Waals surface area (Å²) in [6, 6.07) is 2.94. The van der Waals surface area contributed by atoms with E-state index in [-0.39, 0.29) is 0 Å². The van der Waals surface area contributed by atoms with E-state index in [9.17, 15) is 0 Å². The van der Waals surface area contributed by atoms with Gasteiger partial charge >= 0.3 is 0 Å². The summed E-state index contributed by atoms with van der Waals surface area (Å²) in [6.07, 6.45) is 4.20. The largest absolute Gasteiger partial charge is 0.309 e. The highest BCUT2D eigenvalue weighted by atomic mass is 32.1. The average Bonchev–Trinajstić information content (AvgIpc) is 2.70.